The Balaban J connectivity index is 2.31. The number of piperazine rings is 1. The normalized spacial score (nSPS) is 16.9. The number of anilines is 2. The summed E-state index contributed by atoms with van der Waals surface area (Å²) in [5.41, 5.74) is 5.10. The Bertz CT molecular complexity index is 472. The molecule has 1 aromatic carbocycles. The van der Waals surface area contributed by atoms with Gasteiger partial charge in [0, 0.05) is 37.9 Å². The number of hydrogen-bond acceptors (Lipinski definition) is 5. The monoisotopic (exact) mass is 254 g/mol. The first-order valence-corrected chi connectivity index (χ1v) is 5.66. The number of nitro groups is 1. The van der Waals surface area contributed by atoms with Gasteiger partial charge in [-0.05, 0) is 13.1 Å². The van der Waals surface area contributed by atoms with Crippen molar-refractivity contribution in [2.24, 2.45) is 0 Å². The smallest absolute Gasteiger partial charge is 0.297 e. The van der Waals surface area contributed by atoms with Crippen LogP contribution >= 0.6 is 0 Å². The fourth-order valence-electron chi connectivity index (χ4n) is 1.99. The van der Waals surface area contributed by atoms with Gasteiger partial charge in [-0.2, -0.15) is 0 Å². The number of hydrogen-bond donors (Lipinski definition) is 1. The molecule has 0 atom stereocenters. The third-order valence-electron chi connectivity index (χ3n) is 3.16. The molecule has 1 fully saturated rings. The van der Waals surface area contributed by atoms with Crippen molar-refractivity contribution < 1.29 is 9.31 Å². The predicted octanol–water partition coefficient (Wildman–Crippen LogP) is 1.07. The van der Waals surface area contributed by atoms with Gasteiger partial charge in [0.05, 0.1) is 4.92 Å². The lowest BCUT2D eigenvalue weighted by Crippen LogP contribution is -2.44. The highest BCUT2D eigenvalue weighted by Crippen LogP contribution is 2.30. The van der Waals surface area contributed by atoms with Crippen molar-refractivity contribution in [1.82, 2.24) is 4.90 Å². The summed E-state index contributed by atoms with van der Waals surface area (Å²) < 4.78 is 13.6. The number of nitrogens with two attached hydrogens (primary N) is 1. The molecule has 18 heavy (non-hydrogen) atoms. The molecule has 0 saturated carbocycles. The molecule has 0 bridgehead atoms. The zero-order valence-electron chi connectivity index (χ0n) is 10.1. The van der Waals surface area contributed by atoms with Gasteiger partial charge in [-0.15, -0.1) is 0 Å². The van der Waals surface area contributed by atoms with Gasteiger partial charge in [-0.3, -0.25) is 10.1 Å². The average Bonchev–Trinajstić information content (AvgIpc) is 2.33. The lowest BCUT2D eigenvalue weighted by molar-refractivity contribution is -0.384. The first kappa shape index (κ1) is 12.6. The second kappa shape index (κ2) is 4.77. The molecule has 0 unspecified atom stereocenters. The minimum absolute atomic E-state index is 0.371. The summed E-state index contributed by atoms with van der Waals surface area (Å²) in [6, 6.07) is 2.59. The third kappa shape index (κ3) is 2.35. The Kier molecular flexibility index (Phi) is 3.33. The maximum absolute atomic E-state index is 13.6. The van der Waals surface area contributed by atoms with E-state index in [1.54, 1.807) is 0 Å². The Labute approximate surface area is 104 Å². The van der Waals surface area contributed by atoms with Gasteiger partial charge in [-0.25, -0.2) is 4.39 Å². The van der Waals surface area contributed by atoms with Gasteiger partial charge in [0.15, 0.2) is 5.82 Å². The van der Waals surface area contributed by atoms with E-state index in [0.717, 1.165) is 26.2 Å². The van der Waals surface area contributed by atoms with Crippen molar-refractivity contribution in [3.05, 3.63) is 28.1 Å². The number of rotatable bonds is 2. The maximum atomic E-state index is 13.6. The van der Waals surface area contributed by atoms with Crippen LogP contribution in [0.5, 0.6) is 0 Å². The van der Waals surface area contributed by atoms with Gasteiger partial charge < -0.3 is 15.5 Å². The summed E-state index contributed by atoms with van der Waals surface area (Å²) in [7, 11) is 2.00. The van der Waals surface area contributed by atoms with Crippen molar-refractivity contribution in [3.63, 3.8) is 0 Å². The molecule has 2 N–H and O–H groups in total. The van der Waals surface area contributed by atoms with Crippen LogP contribution in [0, 0.1) is 15.9 Å². The Morgan fingerprint density at radius 2 is 1.94 bits per heavy atom. The van der Waals surface area contributed by atoms with E-state index < -0.39 is 16.4 Å². The number of likely N-dealkylation sites (N-methyl/N-ethyl adjacent to an activating group) is 1. The van der Waals surface area contributed by atoms with E-state index >= 15 is 0 Å². The molecule has 98 valence electrons. The highest BCUT2D eigenvalue weighted by molar-refractivity contribution is 5.67. The zero-order chi connectivity index (χ0) is 13.3. The lowest BCUT2D eigenvalue weighted by atomic mass is 10.2. The fourth-order valence-corrected chi connectivity index (χ4v) is 1.99. The van der Waals surface area contributed by atoms with Crippen LogP contribution in [-0.2, 0) is 0 Å². The SMILES string of the molecule is CN1CCN(c2cc(F)c(N)c([N+](=O)[O-])c2)CC1. The van der Waals surface area contributed by atoms with Gasteiger partial charge in [0.25, 0.3) is 5.69 Å². The van der Waals surface area contributed by atoms with E-state index in [0.29, 0.717) is 5.69 Å². The van der Waals surface area contributed by atoms with Crippen LogP contribution in [-0.4, -0.2) is 43.0 Å². The fraction of sp³-hybridized carbons (Fsp3) is 0.455. The number of nitrogens with zero attached hydrogens (tertiary/aromatic N) is 3. The van der Waals surface area contributed by atoms with Crippen molar-refractivity contribution >= 4 is 17.1 Å². The van der Waals surface area contributed by atoms with Crippen LogP contribution in [0.2, 0.25) is 0 Å². The second-order valence-corrected chi connectivity index (χ2v) is 4.41. The van der Waals surface area contributed by atoms with Crippen molar-refractivity contribution in [2.45, 2.75) is 0 Å². The van der Waals surface area contributed by atoms with Crippen molar-refractivity contribution in [1.29, 1.82) is 0 Å². The molecule has 6 nitrogen and oxygen atoms in total. The molecular formula is C11H15FN4O2. The number of nitrogen functional groups attached to an aromatic ring is 1. The van der Waals surface area contributed by atoms with E-state index in [1.807, 2.05) is 11.9 Å². The van der Waals surface area contributed by atoms with Gasteiger partial charge in [0.2, 0.25) is 0 Å². The molecule has 0 amide bonds. The van der Waals surface area contributed by atoms with Gasteiger partial charge >= 0.3 is 0 Å². The molecule has 1 aliphatic rings. The molecule has 0 radical (unpaired) electrons. The molecule has 0 aromatic heterocycles. The minimum Gasteiger partial charge on any atom is -0.391 e. The first-order chi connectivity index (χ1) is 8.49. The molecule has 0 spiro atoms. The zero-order valence-corrected chi connectivity index (χ0v) is 10.1. The minimum atomic E-state index is -0.738. The highest BCUT2D eigenvalue weighted by Gasteiger charge is 2.21. The average molecular weight is 254 g/mol. The topological polar surface area (TPSA) is 75.6 Å². The van der Waals surface area contributed by atoms with Crippen molar-refractivity contribution in [3.8, 4) is 0 Å². The van der Waals surface area contributed by atoms with E-state index in [-0.39, 0.29) is 5.69 Å². The third-order valence-corrected chi connectivity index (χ3v) is 3.16. The molecule has 1 aromatic rings. The molecular weight excluding hydrogens is 239 g/mol. The van der Waals surface area contributed by atoms with Crippen LogP contribution in [0.15, 0.2) is 12.1 Å². The molecule has 1 heterocycles. The Morgan fingerprint density at radius 1 is 1.33 bits per heavy atom. The number of benzene rings is 1. The summed E-state index contributed by atoms with van der Waals surface area (Å²) in [6.07, 6.45) is 0. The van der Waals surface area contributed by atoms with Gasteiger partial charge in [-0.1, -0.05) is 0 Å². The van der Waals surface area contributed by atoms with Crippen LogP contribution in [0.3, 0.4) is 0 Å². The summed E-state index contributed by atoms with van der Waals surface area (Å²) >= 11 is 0. The Hall–Kier alpha value is -1.89. The van der Waals surface area contributed by atoms with Crippen LogP contribution in [0.4, 0.5) is 21.5 Å². The van der Waals surface area contributed by atoms with Crippen LogP contribution < -0.4 is 10.6 Å². The maximum Gasteiger partial charge on any atom is 0.297 e. The summed E-state index contributed by atoms with van der Waals surface area (Å²) in [4.78, 5) is 14.2. The first-order valence-electron chi connectivity index (χ1n) is 5.66. The highest BCUT2D eigenvalue weighted by atomic mass is 19.1. The van der Waals surface area contributed by atoms with E-state index in [2.05, 4.69) is 4.90 Å². The number of halogens is 1. The molecule has 1 aliphatic heterocycles. The predicted molar refractivity (Wildman–Crippen MR) is 67.2 cm³/mol. The van der Waals surface area contributed by atoms with E-state index in [9.17, 15) is 14.5 Å². The number of nitro benzene ring substituents is 1. The van der Waals surface area contributed by atoms with E-state index in [4.69, 9.17) is 5.73 Å². The van der Waals surface area contributed by atoms with Crippen LogP contribution in [0.25, 0.3) is 0 Å². The summed E-state index contributed by atoms with van der Waals surface area (Å²) in [5, 5.41) is 10.8. The molecule has 1 saturated heterocycles. The molecule has 2 rings (SSSR count). The summed E-state index contributed by atoms with van der Waals surface area (Å²) in [5.74, 6) is -0.738. The largest absolute Gasteiger partial charge is 0.391 e. The lowest BCUT2D eigenvalue weighted by Gasteiger charge is -2.34. The standard InChI is InChI=1S/C11H15FN4O2/c1-14-2-4-15(5-3-14)8-6-9(12)11(13)10(7-8)16(17)18/h6-7H,2-5,13H2,1H3. The second-order valence-electron chi connectivity index (χ2n) is 4.41. The molecule has 7 heteroatoms. The van der Waals surface area contributed by atoms with E-state index in [1.165, 1.54) is 12.1 Å². The van der Waals surface area contributed by atoms with Gasteiger partial charge in [0.1, 0.15) is 5.69 Å². The van der Waals surface area contributed by atoms with Crippen LogP contribution in [0.1, 0.15) is 0 Å². The quantitative estimate of drug-likeness (QED) is 0.485. The molecule has 0 aliphatic carbocycles. The van der Waals surface area contributed by atoms with Crippen molar-refractivity contribution in [2.75, 3.05) is 43.9 Å². The summed E-state index contributed by atoms with van der Waals surface area (Å²) in [6.45, 7) is 3.13. The Morgan fingerprint density at radius 3 is 2.50 bits per heavy atom.